The molecule has 0 aliphatic carbocycles. The zero-order valence-corrected chi connectivity index (χ0v) is 23.4. The highest BCUT2D eigenvalue weighted by molar-refractivity contribution is 6.04. The van der Waals surface area contributed by atoms with Crippen molar-refractivity contribution in [3.8, 4) is 22.6 Å². The Morgan fingerprint density at radius 3 is 2.48 bits per heavy atom. The van der Waals surface area contributed by atoms with E-state index in [0.717, 1.165) is 16.9 Å². The average Bonchev–Trinajstić information content (AvgIpc) is 3.44. The van der Waals surface area contributed by atoms with Crippen LogP contribution >= 0.6 is 0 Å². The van der Waals surface area contributed by atoms with E-state index < -0.39 is 0 Å². The highest BCUT2D eigenvalue weighted by Gasteiger charge is 2.27. The normalized spacial score (nSPS) is 13.8. The first-order chi connectivity index (χ1) is 19.4. The van der Waals surface area contributed by atoms with Gasteiger partial charge in [0.05, 0.1) is 19.2 Å². The molecule has 40 heavy (non-hydrogen) atoms. The fraction of sp³-hybridized carbons (Fsp3) is 0.355. The summed E-state index contributed by atoms with van der Waals surface area (Å²) < 4.78 is 32.2. The molecule has 4 aromatic rings. The van der Waals surface area contributed by atoms with Crippen molar-refractivity contribution in [2.75, 3.05) is 58.5 Å². The van der Waals surface area contributed by atoms with Crippen LogP contribution in [-0.2, 0) is 4.74 Å². The van der Waals surface area contributed by atoms with Gasteiger partial charge in [-0.05, 0) is 47.4 Å². The van der Waals surface area contributed by atoms with Gasteiger partial charge in [-0.25, -0.2) is 9.37 Å². The molecule has 1 N–H and O–H groups in total. The van der Waals surface area contributed by atoms with Gasteiger partial charge in [-0.1, -0.05) is 32.0 Å². The van der Waals surface area contributed by atoms with Crippen molar-refractivity contribution in [1.82, 2.24) is 14.9 Å². The van der Waals surface area contributed by atoms with E-state index in [1.807, 2.05) is 56.3 Å². The Labute approximate surface area is 233 Å². The smallest absolute Gasteiger partial charge is 0.270 e. The van der Waals surface area contributed by atoms with Crippen molar-refractivity contribution in [2.45, 2.75) is 19.8 Å². The van der Waals surface area contributed by atoms with E-state index >= 15 is 4.39 Å². The topological polar surface area (TPSA) is 79.9 Å². The number of H-pyrrole nitrogens is 1. The van der Waals surface area contributed by atoms with Crippen LogP contribution in [0.1, 0.15) is 35.8 Å². The average molecular weight is 547 g/mol. The summed E-state index contributed by atoms with van der Waals surface area (Å²) in [5.74, 6) is 1.60. The van der Waals surface area contributed by atoms with Crippen molar-refractivity contribution in [3.63, 3.8) is 0 Å². The van der Waals surface area contributed by atoms with Crippen molar-refractivity contribution in [3.05, 3.63) is 71.8 Å². The number of carbonyl (C=O) groups is 1. The summed E-state index contributed by atoms with van der Waals surface area (Å²) in [6.07, 6.45) is 1.74. The summed E-state index contributed by atoms with van der Waals surface area (Å²) in [5, 5.41) is 0.653. The minimum atomic E-state index is -0.330. The Kier molecular flexibility index (Phi) is 8.21. The zero-order chi connectivity index (χ0) is 28.2. The summed E-state index contributed by atoms with van der Waals surface area (Å²) in [6.45, 7) is 7.03. The molecule has 1 amide bonds. The lowest BCUT2D eigenvalue weighted by molar-refractivity contribution is 0.0741. The lowest BCUT2D eigenvalue weighted by Crippen LogP contribution is -2.49. The number of nitrogens with zero attached hydrogens (tertiary/aromatic N) is 3. The maximum atomic E-state index is 15.7. The van der Waals surface area contributed by atoms with Crippen LogP contribution in [0, 0.1) is 5.82 Å². The first kappa shape index (κ1) is 27.5. The fourth-order valence-corrected chi connectivity index (χ4v) is 5.17. The molecule has 0 unspecified atom stereocenters. The molecular weight excluding hydrogens is 511 g/mol. The first-order valence-electron chi connectivity index (χ1n) is 13.5. The molecule has 3 heterocycles. The number of rotatable bonds is 9. The molecule has 210 valence electrons. The molecule has 0 bridgehead atoms. The quantitative estimate of drug-likeness (QED) is 0.280. The van der Waals surface area contributed by atoms with Gasteiger partial charge in [0.2, 0.25) is 0 Å². The highest BCUT2D eigenvalue weighted by Crippen LogP contribution is 2.39. The minimum absolute atomic E-state index is 0.0386. The number of halogens is 1. The number of ether oxygens (including phenoxy) is 3. The van der Waals surface area contributed by atoms with Crippen LogP contribution in [0.5, 0.6) is 11.5 Å². The Bertz CT molecular complexity index is 1490. The van der Waals surface area contributed by atoms with Gasteiger partial charge in [-0.2, -0.15) is 0 Å². The van der Waals surface area contributed by atoms with E-state index in [4.69, 9.17) is 14.2 Å². The van der Waals surface area contributed by atoms with Gasteiger partial charge in [-0.15, -0.1) is 0 Å². The number of pyridine rings is 1. The molecule has 2 aromatic heterocycles. The van der Waals surface area contributed by atoms with Crippen LogP contribution in [0.15, 0.2) is 54.7 Å². The van der Waals surface area contributed by atoms with Gasteiger partial charge in [-0.3, -0.25) is 4.79 Å². The van der Waals surface area contributed by atoms with E-state index in [2.05, 4.69) is 14.9 Å². The second-order valence-corrected chi connectivity index (χ2v) is 10.1. The molecule has 8 nitrogen and oxygen atoms in total. The van der Waals surface area contributed by atoms with Crippen molar-refractivity contribution >= 4 is 22.6 Å². The third kappa shape index (κ3) is 5.34. The number of aromatic amines is 1. The van der Waals surface area contributed by atoms with E-state index in [1.54, 1.807) is 31.4 Å². The highest BCUT2D eigenvalue weighted by atomic mass is 19.1. The molecule has 1 aliphatic heterocycles. The van der Waals surface area contributed by atoms with Crippen LogP contribution < -0.4 is 14.4 Å². The van der Waals surface area contributed by atoms with E-state index in [0.29, 0.717) is 73.1 Å². The van der Waals surface area contributed by atoms with Crippen LogP contribution in [0.25, 0.3) is 22.0 Å². The largest absolute Gasteiger partial charge is 0.496 e. The molecule has 1 saturated heterocycles. The number of para-hydroxylation sites is 1. The maximum Gasteiger partial charge on any atom is 0.270 e. The Morgan fingerprint density at radius 2 is 1.75 bits per heavy atom. The standard InChI is InChI=1S/C31H35FN4O4/c1-20(2)22-18-23(21-8-5-6-9-26(21)39-4)24-19-25(34-29(24)28(22)32)31(37)36-14-12-35(13-15-36)30-27(10-7-11-33-30)40-17-16-38-3/h5-11,18-20,34H,12-17H2,1-4H3. The number of fused-ring (bicyclic) bond motifs is 1. The molecule has 2 aromatic carbocycles. The van der Waals surface area contributed by atoms with Gasteiger partial charge < -0.3 is 29.0 Å². The Balaban J connectivity index is 1.41. The molecule has 1 fully saturated rings. The van der Waals surface area contributed by atoms with Gasteiger partial charge in [0, 0.05) is 50.4 Å². The van der Waals surface area contributed by atoms with Gasteiger partial charge in [0.15, 0.2) is 17.4 Å². The lowest BCUT2D eigenvalue weighted by Gasteiger charge is -2.35. The number of methoxy groups -OCH3 is 2. The van der Waals surface area contributed by atoms with Crippen molar-refractivity contribution in [1.29, 1.82) is 0 Å². The molecule has 9 heteroatoms. The fourth-order valence-electron chi connectivity index (χ4n) is 5.17. The van der Waals surface area contributed by atoms with Gasteiger partial charge in [0.25, 0.3) is 5.91 Å². The van der Waals surface area contributed by atoms with Crippen LogP contribution in [0.4, 0.5) is 10.2 Å². The first-order valence-corrected chi connectivity index (χ1v) is 13.5. The second kappa shape index (κ2) is 12.0. The number of benzene rings is 2. The SMILES string of the molecule is COCCOc1cccnc1N1CCN(C(=O)c2cc3c(-c4ccccc4OC)cc(C(C)C)c(F)c3[nH]2)CC1. The predicted molar refractivity (Wildman–Crippen MR) is 154 cm³/mol. The summed E-state index contributed by atoms with van der Waals surface area (Å²) >= 11 is 0. The number of aromatic nitrogens is 2. The van der Waals surface area contributed by atoms with Gasteiger partial charge in [0.1, 0.15) is 18.1 Å². The molecule has 0 radical (unpaired) electrons. The molecule has 0 spiro atoms. The molecule has 0 saturated carbocycles. The number of hydrogen-bond donors (Lipinski definition) is 1. The minimum Gasteiger partial charge on any atom is -0.496 e. The Hall–Kier alpha value is -4.11. The number of amides is 1. The Morgan fingerprint density at radius 1 is 1.00 bits per heavy atom. The van der Waals surface area contributed by atoms with Crippen LogP contribution in [0.2, 0.25) is 0 Å². The van der Waals surface area contributed by atoms with E-state index in [9.17, 15) is 4.79 Å². The molecule has 0 atom stereocenters. The summed E-state index contributed by atoms with van der Waals surface area (Å²) in [4.78, 5) is 25.2. The van der Waals surface area contributed by atoms with Gasteiger partial charge >= 0.3 is 0 Å². The summed E-state index contributed by atoms with van der Waals surface area (Å²) in [7, 11) is 3.25. The molecule has 1 aliphatic rings. The maximum absolute atomic E-state index is 15.7. The van der Waals surface area contributed by atoms with E-state index in [-0.39, 0.29) is 17.6 Å². The van der Waals surface area contributed by atoms with E-state index in [1.165, 1.54) is 0 Å². The number of hydrogen-bond acceptors (Lipinski definition) is 6. The molecular formula is C31H35FN4O4. The third-order valence-corrected chi connectivity index (χ3v) is 7.29. The lowest BCUT2D eigenvalue weighted by atomic mass is 9.93. The molecule has 5 rings (SSSR count). The van der Waals surface area contributed by atoms with Crippen molar-refractivity contribution < 1.29 is 23.4 Å². The van der Waals surface area contributed by atoms with Crippen molar-refractivity contribution in [2.24, 2.45) is 0 Å². The monoisotopic (exact) mass is 546 g/mol. The third-order valence-electron chi connectivity index (χ3n) is 7.29. The number of anilines is 1. The number of piperazine rings is 1. The number of carbonyl (C=O) groups excluding carboxylic acids is 1. The summed E-state index contributed by atoms with van der Waals surface area (Å²) in [6, 6.07) is 15.0. The van der Waals surface area contributed by atoms with Crippen LogP contribution in [-0.4, -0.2) is 74.4 Å². The van der Waals surface area contributed by atoms with Crippen LogP contribution in [0.3, 0.4) is 0 Å². The zero-order valence-electron chi connectivity index (χ0n) is 23.4. The second-order valence-electron chi connectivity index (χ2n) is 10.1. The number of nitrogens with one attached hydrogen (secondary N) is 1. The predicted octanol–water partition coefficient (Wildman–Crippen LogP) is 5.49. The summed E-state index contributed by atoms with van der Waals surface area (Å²) in [5.41, 5.74) is 2.96.